The smallest absolute Gasteiger partial charge is 0.227 e. The quantitative estimate of drug-likeness (QED) is 0.808. The van der Waals surface area contributed by atoms with E-state index in [0.29, 0.717) is 6.42 Å². The van der Waals surface area contributed by atoms with Crippen LogP contribution in [-0.2, 0) is 11.2 Å². The van der Waals surface area contributed by atoms with Crippen LogP contribution in [0.1, 0.15) is 31.1 Å². The van der Waals surface area contributed by atoms with Gasteiger partial charge < -0.3 is 14.9 Å². The summed E-state index contributed by atoms with van der Waals surface area (Å²) in [6.45, 7) is 4.75. The van der Waals surface area contributed by atoms with Crippen LogP contribution in [0.5, 0.6) is 0 Å². The number of piperidine rings is 1. The molecule has 5 heteroatoms. The molecule has 0 spiro atoms. The Kier molecular flexibility index (Phi) is 6.46. The average molecular weight is 373 g/mol. The number of para-hydroxylation sites is 1. The molecule has 0 radical (unpaired) electrons. The molecule has 1 aliphatic rings. The molecule has 1 amide bonds. The molecule has 1 aromatic carbocycles. The van der Waals surface area contributed by atoms with Gasteiger partial charge >= 0.3 is 0 Å². The van der Waals surface area contributed by atoms with Crippen molar-refractivity contribution in [2.75, 3.05) is 31.1 Å². The second-order valence-electron chi connectivity index (χ2n) is 6.97. The zero-order valence-corrected chi connectivity index (χ0v) is 16.3. The number of rotatable bonds is 7. The first kappa shape index (κ1) is 19.1. The lowest BCUT2D eigenvalue weighted by atomic mass is 9.85. The van der Waals surface area contributed by atoms with E-state index in [1.165, 1.54) is 4.88 Å². The Hall–Kier alpha value is -1.69. The number of nitrogens with zero attached hydrogens (tertiary/aromatic N) is 2. The third-order valence-corrected chi connectivity index (χ3v) is 6.31. The number of thiophene rings is 1. The number of aliphatic hydroxyl groups excluding tert-OH is 1. The van der Waals surface area contributed by atoms with Crippen LogP contribution in [0.25, 0.3) is 0 Å². The summed E-state index contributed by atoms with van der Waals surface area (Å²) in [5.41, 5.74) is 0.397. The van der Waals surface area contributed by atoms with Crippen molar-refractivity contribution in [3.8, 4) is 0 Å². The fraction of sp³-hybridized carbons (Fsp3) is 0.476. The van der Waals surface area contributed by atoms with E-state index in [4.69, 9.17) is 0 Å². The van der Waals surface area contributed by atoms with Crippen molar-refractivity contribution in [1.29, 1.82) is 0 Å². The molecule has 2 aromatic rings. The van der Waals surface area contributed by atoms with Gasteiger partial charge in [-0.3, -0.25) is 4.79 Å². The fourth-order valence-electron chi connectivity index (χ4n) is 3.79. The molecule has 1 aromatic heterocycles. The molecule has 26 heavy (non-hydrogen) atoms. The highest BCUT2D eigenvalue weighted by Gasteiger charge is 2.42. The summed E-state index contributed by atoms with van der Waals surface area (Å²) < 4.78 is 0. The Balaban J connectivity index is 1.70. The van der Waals surface area contributed by atoms with Crippen LogP contribution < -0.4 is 4.90 Å². The molecule has 3 rings (SSSR count). The van der Waals surface area contributed by atoms with Crippen molar-refractivity contribution in [1.82, 2.24) is 4.90 Å². The highest BCUT2D eigenvalue weighted by molar-refractivity contribution is 7.09. The Labute approximate surface area is 160 Å². The van der Waals surface area contributed by atoms with Crippen molar-refractivity contribution in [3.63, 3.8) is 0 Å². The minimum Gasteiger partial charge on any atom is -0.394 e. The molecule has 140 valence electrons. The maximum atomic E-state index is 12.7. The fourth-order valence-corrected chi connectivity index (χ4v) is 4.48. The van der Waals surface area contributed by atoms with Crippen LogP contribution in [0.3, 0.4) is 0 Å². The Morgan fingerprint density at radius 1 is 1.19 bits per heavy atom. The summed E-state index contributed by atoms with van der Waals surface area (Å²) in [4.78, 5) is 18.5. The van der Waals surface area contributed by atoms with Crippen molar-refractivity contribution in [2.24, 2.45) is 0 Å². The number of carbonyl (C=O) groups is 1. The lowest BCUT2D eigenvalue weighted by Gasteiger charge is -2.48. The molecular formula is C21H28N2O2S. The van der Waals surface area contributed by atoms with Gasteiger partial charge in [-0.2, -0.15) is 0 Å². The summed E-state index contributed by atoms with van der Waals surface area (Å²) in [5.74, 6) is 0.0808. The van der Waals surface area contributed by atoms with E-state index in [1.54, 1.807) is 11.3 Å². The van der Waals surface area contributed by atoms with Gasteiger partial charge in [-0.25, -0.2) is 0 Å². The van der Waals surface area contributed by atoms with Crippen LogP contribution in [0, 0.1) is 0 Å². The Bertz CT molecular complexity index is 679. The van der Waals surface area contributed by atoms with Gasteiger partial charge in [0.15, 0.2) is 0 Å². The number of likely N-dealkylation sites (tertiary alicyclic amines) is 1. The largest absolute Gasteiger partial charge is 0.394 e. The molecular weight excluding hydrogens is 344 g/mol. The molecule has 0 atom stereocenters. The minimum atomic E-state index is -0.492. The zero-order valence-electron chi connectivity index (χ0n) is 15.4. The van der Waals surface area contributed by atoms with Crippen LogP contribution in [0.15, 0.2) is 47.8 Å². The van der Waals surface area contributed by atoms with E-state index in [0.717, 1.165) is 44.6 Å². The van der Waals surface area contributed by atoms with Gasteiger partial charge in [-0.15, -0.1) is 11.3 Å². The maximum Gasteiger partial charge on any atom is 0.227 e. The maximum absolute atomic E-state index is 12.7. The number of anilines is 1. The molecule has 1 aliphatic heterocycles. The van der Waals surface area contributed by atoms with Crippen LogP contribution in [0.4, 0.5) is 5.69 Å². The number of hydrogen-bond donors (Lipinski definition) is 1. The second kappa shape index (κ2) is 8.80. The minimum absolute atomic E-state index is 0.00635. The van der Waals surface area contributed by atoms with Crippen molar-refractivity contribution in [2.45, 2.75) is 38.1 Å². The molecule has 1 fully saturated rings. The van der Waals surface area contributed by atoms with E-state index in [2.05, 4.69) is 22.4 Å². The molecule has 0 saturated carbocycles. The summed E-state index contributed by atoms with van der Waals surface area (Å²) in [7, 11) is 0. The van der Waals surface area contributed by atoms with Gasteiger partial charge in [0.2, 0.25) is 5.91 Å². The first-order chi connectivity index (χ1) is 12.7. The summed E-state index contributed by atoms with van der Waals surface area (Å²) in [5, 5.41) is 12.4. The van der Waals surface area contributed by atoms with Gasteiger partial charge in [-0.05, 0) is 42.8 Å². The van der Waals surface area contributed by atoms with E-state index in [1.807, 2.05) is 42.2 Å². The van der Waals surface area contributed by atoms with Crippen molar-refractivity contribution in [3.05, 3.63) is 52.7 Å². The van der Waals surface area contributed by atoms with Crippen LogP contribution in [0.2, 0.25) is 0 Å². The highest BCUT2D eigenvalue weighted by atomic mass is 32.1. The van der Waals surface area contributed by atoms with E-state index >= 15 is 0 Å². The number of amides is 1. The van der Waals surface area contributed by atoms with Gasteiger partial charge in [0.1, 0.15) is 0 Å². The zero-order chi connectivity index (χ0) is 18.4. The summed E-state index contributed by atoms with van der Waals surface area (Å²) >= 11 is 1.81. The first-order valence-electron chi connectivity index (χ1n) is 9.42. The second-order valence-corrected chi connectivity index (χ2v) is 8.00. The van der Waals surface area contributed by atoms with Gasteiger partial charge in [0.25, 0.3) is 0 Å². The predicted octanol–water partition coefficient (Wildman–Crippen LogP) is 3.56. The molecule has 1 N–H and O–H groups in total. The van der Waals surface area contributed by atoms with E-state index in [-0.39, 0.29) is 12.5 Å². The normalized spacial score (nSPS) is 17.2. The molecule has 1 saturated heterocycles. The monoisotopic (exact) mass is 372 g/mol. The lowest BCUT2D eigenvalue weighted by molar-refractivity contribution is -0.120. The molecule has 0 bridgehead atoms. The number of aliphatic hydroxyl groups is 1. The number of benzene rings is 1. The van der Waals surface area contributed by atoms with Crippen LogP contribution in [-0.4, -0.2) is 47.7 Å². The SMILES string of the molecule is CCC(=O)N(c1ccccc1)C1(CO)CCN(CCc2cccs2)CC1. The molecule has 2 heterocycles. The highest BCUT2D eigenvalue weighted by Crippen LogP contribution is 2.34. The van der Waals surface area contributed by atoms with E-state index in [9.17, 15) is 9.90 Å². The van der Waals surface area contributed by atoms with E-state index < -0.39 is 5.54 Å². The topological polar surface area (TPSA) is 43.8 Å². The third kappa shape index (κ3) is 4.17. The standard InChI is InChI=1S/C21H28N2O2S/c1-2-20(25)23(18-7-4-3-5-8-18)21(17-24)11-14-22(15-12-21)13-10-19-9-6-16-26-19/h3-9,16,24H,2,10-15,17H2,1H3. The third-order valence-electron chi connectivity index (χ3n) is 5.38. The first-order valence-corrected chi connectivity index (χ1v) is 10.3. The molecule has 4 nitrogen and oxygen atoms in total. The predicted molar refractivity (Wildman–Crippen MR) is 108 cm³/mol. The molecule has 0 aliphatic carbocycles. The summed E-state index contributed by atoms with van der Waals surface area (Å²) in [6, 6.07) is 14.1. The van der Waals surface area contributed by atoms with Crippen molar-refractivity contribution < 1.29 is 9.90 Å². The van der Waals surface area contributed by atoms with Gasteiger partial charge in [0, 0.05) is 36.6 Å². The molecule has 0 unspecified atom stereocenters. The number of hydrogen-bond acceptors (Lipinski definition) is 4. The Morgan fingerprint density at radius 3 is 2.50 bits per heavy atom. The van der Waals surface area contributed by atoms with Gasteiger partial charge in [-0.1, -0.05) is 31.2 Å². The summed E-state index contributed by atoms with van der Waals surface area (Å²) in [6.07, 6.45) is 3.11. The van der Waals surface area contributed by atoms with Crippen molar-refractivity contribution >= 4 is 22.9 Å². The Morgan fingerprint density at radius 2 is 1.92 bits per heavy atom. The van der Waals surface area contributed by atoms with Gasteiger partial charge in [0.05, 0.1) is 12.1 Å². The van der Waals surface area contributed by atoms with Crippen LogP contribution >= 0.6 is 11.3 Å². The average Bonchev–Trinajstić information content (AvgIpc) is 3.22. The lowest BCUT2D eigenvalue weighted by Crippen LogP contribution is -2.60. The number of carbonyl (C=O) groups excluding carboxylic acids is 1.